The maximum atomic E-state index is 5.35. The lowest BCUT2D eigenvalue weighted by atomic mass is 10.0. The minimum atomic E-state index is 0.886. The van der Waals surface area contributed by atoms with Gasteiger partial charge in [-0.25, -0.2) is 0 Å². The number of methoxy groups -OCH3 is 1. The molecular formula is C22H19NO. The Hall–Kier alpha value is -3.00. The fraction of sp³-hybridized carbons (Fsp3) is 0.0909. The van der Waals surface area contributed by atoms with Crippen LogP contribution in [-0.2, 0) is 6.42 Å². The van der Waals surface area contributed by atoms with Crippen molar-refractivity contribution in [3.05, 3.63) is 96.2 Å². The molecule has 0 amide bonds. The summed E-state index contributed by atoms with van der Waals surface area (Å²) in [5, 5.41) is 1.30. The number of ether oxygens (including phenoxy) is 1. The van der Waals surface area contributed by atoms with Crippen molar-refractivity contribution >= 4 is 10.9 Å². The molecule has 4 rings (SSSR count). The summed E-state index contributed by atoms with van der Waals surface area (Å²) in [6.07, 6.45) is 3.14. The minimum absolute atomic E-state index is 0.886. The summed E-state index contributed by atoms with van der Waals surface area (Å²) in [5.41, 5.74) is 5.00. The van der Waals surface area contributed by atoms with Crippen molar-refractivity contribution in [2.24, 2.45) is 0 Å². The van der Waals surface area contributed by atoms with Crippen molar-refractivity contribution < 1.29 is 4.74 Å². The van der Waals surface area contributed by atoms with Crippen LogP contribution in [-0.4, -0.2) is 11.7 Å². The Labute approximate surface area is 141 Å². The van der Waals surface area contributed by atoms with Crippen LogP contribution in [0.5, 0.6) is 5.75 Å². The molecule has 1 heterocycles. The van der Waals surface area contributed by atoms with Crippen molar-refractivity contribution in [2.45, 2.75) is 6.42 Å². The quantitative estimate of drug-likeness (QED) is 0.503. The van der Waals surface area contributed by atoms with Gasteiger partial charge in [-0.15, -0.1) is 0 Å². The molecule has 1 aromatic heterocycles. The Morgan fingerprint density at radius 3 is 2.46 bits per heavy atom. The van der Waals surface area contributed by atoms with Crippen LogP contribution in [0.2, 0.25) is 0 Å². The highest BCUT2D eigenvalue weighted by atomic mass is 16.5. The fourth-order valence-electron chi connectivity index (χ4n) is 3.20. The fourth-order valence-corrected chi connectivity index (χ4v) is 3.20. The topological polar surface area (TPSA) is 14.2 Å². The van der Waals surface area contributed by atoms with E-state index in [1.54, 1.807) is 7.11 Å². The Kier molecular flexibility index (Phi) is 3.80. The number of benzene rings is 3. The highest BCUT2D eigenvalue weighted by Gasteiger charge is 2.10. The normalized spacial score (nSPS) is 10.9. The van der Waals surface area contributed by atoms with Crippen molar-refractivity contribution in [3.63, 3.8) is 0 Å². The van der Waals surface area contributed by atoms with Crippen molar-refractivity contribution in [1.82, 2.24) is 4.57 Å². The average molecular weight is 313 g/mol. The predicted octanol–water partition coefficient (Wildman–Crippen LogP) is 5.23. The van der Waals surface area contributed by atoms with Gasteiger partial charge in [0.2, 0.25) is 0 Å². The molecule has 0 spiro atoms. The molecule has 0 saturated carbocycles. The molecule has 118 valence electrons. The molecule has 0 unspecified atom stereocenters. The Morgan fingerprint density at radius 2 is 1.62 bits per heavy atom. The minimum Gasteiger partial charge on any atom is -0.497 e. The molecule has 24 heavy (non-hydrogen) atoms. The predicted molar refractivity (Wildman–Crippen MR) is 99.1 cm³/mol. The van der Waals surface area contributed by atoms with Crippen molar-refractivity contribution in [1.29, 1.82) is 0 Å². The van der Waals surface area contributed by atoms with Crippen LogP contribution in [0.15, 0.2) is 85.1 Å². The summed E-state index contributed by atoms with van der Waals surface area (Å²) in [7, 11) is 1.71. The summed E-state index contributed by atoms with van der Waals surface area (Å²) < 4.78 is 7.62. The second-order valence-corrected chi connectivity index (χ2v) is 5.91. The van der Waals surface area contributed by atoms with E-state index in [2.05, 4.69) is 71.4 Å². The van der Waals surface area contributed by atoms with Gasteiger partial charge in [0.25, 0.3) is 0 Å². The zero-order chi connectivity index (χ0) is 16.4. The van der Waals surface area contributed by atoms with Gasteiger partial charge in [-0.05, 0) is 47.9 Å². The van der Waals surface area contributed by atoms with Crippen LogP contribution in [0.4, 0.5) is 0 Å². The largest absolute Gasteiger partial charge is 0.497 e. The van der Waals surface area contributed by atoms with Gasteiger partial charge in [0.1, 0.15) is 5.75 Å². The molecule has 0 atom stereocenters. The van der Waals surface area contributed by atoms with Crippen LogP contribution in [0.1, 0.15) is 11.1 Å². The molecule has 0 bridgehead atoms. The van der Waals surface area contributed by atoms with Gasteiger partial charge in [-0.3, -0.25) is 0 Å². The second kappa shape index (κ2) is 6.25. The van der Waals surface area contributed by atoms with E-state index < -0.39 is 0 Å². The van der Waals surface area contributed by atoms with Gasteiger partial charge in [0.15, 0.2) is 0 Å². The monoisotopic (exact) mass is 313 g/mol. The number of fused-ring (bicyclic) bond motifs is 1. The molecule has 0 aliphatic carbocycles. The van der Waals surface area contributed by atoms with Gasteiger partial charge < -0.3 is 9.30 Å². The van der Waals surface area contributed by atoms with E-state index in [0.29, 0.717) is 0 Å². The van der Waals surface area contributed by atoms with Gasteiger partial charge >= 0.3 is 0 Å². The number of aromatic nitrogens is 1. The van der Waals surface area contributed by atoms with Crippen LogP contribution in [0.25, 0.3) is 16.6 Å². The van der Waals surface area contributed by atoms with Gasteiger partial charge in [-0.2, -0.15) is 0 Å². The molecule has 0 aliphatic rings. The summed E-state index contributed by atoms with van der Waals surface area (Å²) in [6.45, 7) is 0. The van der Waals surface area contributed by atoms with E-state index in [-0.39, 0.29) is 0 Å². The molecule has 3 aromatic carbocycles. The van der Waals surface area contributed by atoms with Crippen LogP contribution < -0.4 is 4.74 Å². The number of hydrogen-bond acceptors (Lipinski definition) is 1. The maximum absolute atomic E-state index is 5.35. The first kappa shape index (κ1) is 14.6. The number of hydrogen-bond donors (Lipinski definition) is 0. The highest BCUT2D eigenvalue weighted by molar-refractivity contribution is 5.86. The highest BCUT2D eigenvalue weighted by Crippen LogP contribution is 2.27. The zero-order valence-corrected chi connectivity index (χ0v) is 13.6. The molecule has 0 radical (unpaired) electrons. The third-order valence-corrected chi connectivity index (χ3v) is 4.36. The molecule has 0 fully saturated rings. The van der Waals surface area contributed by atoms with Crippen LogP contribution in [0.3, 0.4) is 0 Å². The van der Waals surface area contributed by atoms with E-state index >= 15 is 0 Å². The Morgan fingerprint density at radius 1 is 0.833 bits per heavy atom. The number of rotatable bonds is 4. The summed E-state index contributed by atoms with van der Waals surface area (Å²) in [6, 6.07) is 27.3. The third-order valence-electron chi connectivity index (χ3n) is 4.36. The standard InChI is InChI=1S/C22H19NO/c1-24-20-11-7-8-17(15-20)14-18-16-23(19-9-3-2-4-10-19)22-13-6-5-12-21(18)22/h2-13,15-16H,14H2,1H3. The molecule has 2 heteroatoms. The molecule has 0 N–H and O–H groups in total. The molecule has 4 aromatic rings. The van der Waals surface area contributed by atoms with Gasteiger partial charge in [0, 0.05) is 17.3 Å². The smallest absolute Gasteiger partial charge is 0.119 e. The first-order chi connectivity index (χ1) is 11.8. The van der Waals surface area contributed by atoms with Gasteiger partial charge in [0.05, 0.1) is 12.6 Å². The Bertz CT molecular complexity index is 970. The molecular weight excluding hydrogens is 294 g/mol. The molecule has 0 aliphatic heterocycles. The lowest BCUT2D eigenvalue weighted by Crippen LogP contribution is -1.91. The van der Waals surface area contributed by atoms with Crippen LogP contribution >= 0.6 is 0 Å². The number of para-hydroxylation sites is 2. The van der Waals surface area contributed by atoms with E-state index in [9.17, 15) is 0 Å². The van der Waals surface area contributed by atoms with E-state index in [1.807, 2.05) is 18.2 Å². The van der Waals surface area contributed by atoms with Crippen molar-refractivity contribution in [3.8, 4) is 11.4 Å². The van der Waals surface area contributed by atoms with E-state index in [1.165, 1.54) is 27.7 Å². The second-order valence-electron chi connectivity index (χ2n) is 5.91. The zero-order valence-electron chi connectivity index (χ0n) is 13.6. The summed E-state index contributed by atoms with van der Waals surface area (Å²) in [5.74, 6) is 0.902. The number of nitrogens with zero attached hydrogens (tertiary/aromatic N) is 1. The lowest BCUT2D eigenvalue weighted by Gasteiger charge is -2.04. The summed E-state index contributed by atoms with van der Waals surface area (Å²) >= 11 is 0. The molecule has 2 nitrogen and oxygen atoms in total. The summed E-state index contributed by atoms with van der Waals surface area (Å²) in [4.78, 5) is 0. The first-order valence-corrected chi connectivity index (χ1v) is 8.12. The third kappa shape index (κ3) is 2.67. The maximum Gasteiger partial charge on any atom is 0.119 e. The SMILES string of the molecule is COc1cccc(Cc2cn(-c3ccccc3)c3ccccc23)c1. The average Bonchev–Trinajstić information content (AvgIpc) is 3.01. The molecule has 0 saturated heterocycles. The lowest BCUT2D eigenvalue weighted by molar-refractivity contribution is 0.414. The first-order valence-electron chi connectivity index (χ1n) is 8.12. The van der Waals surface area contributed by atoms with Gasteiger partial charge in [-0.1, -0.05) is 48.5 Å². The Balaban J connectivity index is 1.81. The van der Waals surface area contributed by atoms with Crippen LogP contribution in [0, 0.1) is 0 Å². The van der Waals surface area contributed by atoms with Crippen molar-refractivity contribution in [2.75, 3.05) is 7.11 Å². The van der Waals surface area contributed by atoms with E-state index in [0.717, 1.165) is 12.2 Å². The van der Waals surface area contributed by atoms with E-state index in [4.69, 9.17) is 4.74 Å².